The summed E-state index contributed by atoms with van der Waals surface area (Å²) in [6.07, 6.45) is -0.773. The van der Waals surface area contributed by atoms with Gasteiger partial charge in [-0.3, -0.25) is 0 Å². The summed E-state index contributed by atoms with van der Waals surface area (Å²) < 4.78 is 46.6. The first-order chi connectivity index (χ1) is 13.8. The number of fused-ring (bicyclic) bond motifs is 3. The molecule has 1 aliphatic rings. The summed E-state index contributed by atoms with van der Waals surface area (Å²) in [6.45, 7) is 7.62. The van der Waals surface area contributed by atoms with Crippen LogP contribution < -0.4 is 0 Å². The predicted octanol–water partition coefficient (Wildman–Crippen LogP) is 6.97. The van der Waals surface area contributed by atoms with E-state index in [1.807, 2.05) is 26.0 Å². The molecule has 1 aromatic heterocycles. The molecule has 29 heavy (non-hydrogen) atoms. The van der Waals surface area contributed by atoms with Gasteiger partial charge < -0.3 is 4.52 Å². The molecule has 0 radical (unpaired) electrons. The molecule has 0 N–H and O–H groups in total. The van der Waals surface area contributed by atoms with Crippen molar-refractivity contribution >= 4 is 6.08 Å². The van der Waals surface area contributed by atoms with Crippen LogP contribution in [0.25, 0.3) is 28.7 Å². The van der Waals surface area contributed by atoms with Crippen LogP contribution in [0.3, 0.4) is 0 Å². The molecule has 0 saturated carbocycles. The van der Waals surface area contributed by atoms with E-state index in [9.17, 15) is 13.2 Å². The van der Waals surface area contributed by atoms with Crippen molar-refractivity contribution in [2.24, 2.45) is 5.92 Å². The molecule has 0 unspecified atom stereocenters. The number of halogens is 3. The third-order valence-electron chi connectivity index (χ3n) is 5.36. The molecule has 2 nitrogen and oxygen atoms in total. The van der Waals surface area contributed by atoms with Gasteiger partial charge >= 0.3 is 6.18 Å². The fourth-order valence-electron chi connectivity index (χ4n) is 4.02. The minimum Gasteiger partial charge on any atom is -0.355 e. The zero-order valence-corrected chi connectivity index (χ0v) is 16.4. The highest BCUT2D eigenvalue weighted by molar-refractivity contribution is 5.77. The van der Waals surface area contributed by atoms with E-state index in [1.165, 1.54) is 6.07 Å². The van der Waals surface area contributed by atoms with E-state index in [0.29, 0.717) is 29.7 Å². The molecule has 0 saturated heterocycles. The van der Waals surface area contributed by atoms with Crippen LogP contribution in [-0.4, -0.2) is 5.16 Å². The van der Waals surface area contributed by atoms with Gasteiger partial charge in [0.2, 0.25) is 0 Å². The summed E-state index contributed by atoms with van der Waals surface area (Å²) in [5, 5.41) is 4.21. The Kier molecular flexibility index (Phi) is 4.85. The smallest absolute Gasteiger partial charge is 0.355 e. The van der Waals surface area contributed by atoms with E-state index in [0.717, 1.165) is 34.4 Å². The van der Waals surface area contributed by atoms with Crippen molar-refractivity contribution in [3.63, 3.8) is 0 Å². The molecular weight excluding hydrogens is 375 g/mol. The topological polar surface area (TPSA) is 26.0 Å². The maximum Gasteiger partial charge on any atom is 0.416 e. The normalized spacial score (nSPS) is 13.3. The lowest BCUT2D eigenvalue weighted by Gasteiger charge is -2.17. The van der Waals surface area contributed by atoms with Crippen LogP contribution in [0.5, 0.6) is 0 Å². The Bertz CT molecular complexity index is 1080. The monoisotopic (exact) mass is 397 g/mol. The fraction of sp³-hybridized carbons (Fsp3) is 0.292. The third-order valence-corrected chi connectivity index (χ3v) is 5.36. The number of hydrogen-bond acceptors (Lipinski definition) is 2. The third kappa shape index (κ3) is 3.61. The van der Waals surface area contributed by atoms with Crippen LogP contribution in [0.2, 0.25) is 0 Å². The molecule has 4 rings (SSSR count). The average molecular weight is 397 g/mol. The van der Waals surface area contributed by atoms with Crippen molar-refractivity contribution in [2.75, 3.05) is 0 Å². The second-order valence-electron chi connectivity index (χ2n) is 7.93. The molecule has 0 aliphatic heterocycles. The van der Waals surface area contributed by atoms with Crippen molar-refractivity contribution < 1.29 is 17.7 Å². The molecule has 150 valence electrons. The molecular formula is C24H22F3NO. The highest BCUT2D eigenvalue weighted by Crippen LogP contribution is 2.41. The Labute approximate surface area is 168 Å². The number of nitrogens with zero attached hydrogens (tertiary/aromatic N) is 1. The van der Waals surface area contributed by atoms with Crippen LogP contribution in [0.1, 0.15) is 41.7 Å². The van der Waals surface area contributed by atoms with Gasteiger partial charge in [0.1, 0.15) is 5.69 Å². The first kappa shape index (κ1) is 19.5. The zero-order valence-electron chi connectivity index (χ0n) is 16.4. The lowest BCUT2D eigenvalue weighted by atomic mass is 9.86. The van der Waals surface area contributed by atoms with E-state index in [-0.39, 0.29) is 5.92 Å². The average Bonchev–Trinajstić information content (AvgIpc) is 3.11. The van der Waals surface area contributed by atoms with Crippen LogP contribution in [0.4, 0.5) is 13.2 Å². The van der Waals surface area contributed by atoms with Gasteiger partial charge in [0.15, 0.2) is 5.76 Å². The molecule has 0 bridgehead atoms. The SMILES string of the molecule is C=Cc1ccc2c(c1)CCc1c-2noc1-c1ccc(CC(C)C)c(C(F)(F)F)c1. The van der Waals surface area contributed by atoms with Gasteiger partial charge in [0, 0.05) is 16.7 Å². The van der Waals surface area contributed by atoms with Gasteiger partial charge in [-0.2, -0.15) is 13.2 Å². The van der Waals surface area contributed by atoms with Gasteiger partial charge in [-0.25, -0.2) is 0 Å². The van der Waals surface area contributed by atoms with E-state index in [1.54, 1.807) is 18.2 Å². The van der Waals surface area contributed by atoms with Crippen LogP contribution in [0, 0.1) is 5.92 Å². The van der Waals surface area contributed by atoms with Crippen LogP contribution in [0.15, 0.2) is 47.5 Å². The number of alkyl halides is 3. The summed E-state index contributed by atoms with van der Waals surface area (Å²) >= 11 is 0. The summed E-state index contributed by atoms with van der Waals surface area (Å²) in [6, 6.07) is 10.5. The van der Waals surface area contributed by atoms with E-state index < -0.39 is 11.7 Å². The maximum absolute atomic E-state index is 13.7. The summed E-state index contributed by atoms with van der Waals surface area (Å²) in [5.41, 5.74) is 4.88. The summed E-state index contributed by atoms with van der Waals surface area (Å²) in [4.78, 5) is 0. The maximum atomic E-state index is 13.7. The quantitative estimate of drug-likeness (QED) is 0.475. The molecule has 0 spiro atoms. The lowest BCUT2D eigenvalue weighted by molar-refractivity contribution is -0.138. The van der Waals surface area contributed by atoms with Crippen molar-refractivity contribution in [2.45, 2.75) is 39.3 Å². The molecule has 2 aromatic carbocycles. The molecule has 3 aromatic rings. The predicted molar refractivity (Wildman–Crippen MR) is 108 cm³/mol. The van der Waals surface area contributed by atoms with Gasteiger partial charge in [0.25, 0.3) is 0 Å². The summed E-state index contributed by atoms with van der Waals surface area (Å²) in [5.74, 6) is 0.567. The standard InChI is InChI=1S/C24H22F3NO/c1-4-15-5-9-19-16(12-15)8-10-20-22(19)28-29-23(20)18-7-6-17(11-14(2)3)21(13-18)24(25,26)27/h4-7,9,12-14H,1,8,10-11H2,2-3H3. The summed E-state index contributed by atoms with van der Waals surface area (Å²) in [7, 11) is 0. The minimum atomic E-state index is -4.41. The number of rotatable bonds is 4. The van der Waals surface area contributed by atoms with E-state index in [2.05, 4.69) is 17.8 Å². The Morgan fingerprint density at radius 3 is 2.62 bits per heavy atom. The highest BCUT2D eigenvalue weighted by Gasteiger charge is 2.34. The van der Waals surface area contributed by atoms with Gasteiger partial charge in [-0.1, -0.05) is 62.0 Å². The van der Waals surface area contributed by atoms with E-state index in [4.69, 9.17) is 4.52 Å². The van der Waals surface area contributed by atoms with Crippen molar-refractivity contribution in [1.82, 2.24) is 5.16 Å². The Hall–Kier alpha value is -2.82. The van der Waals surface area contributed by atoms with Crippen molar-refractivity contribution in [3.05, 3.63) is 70.8 Å². The van der Waals surface area contributed by atoms with Crippen molar-refractivity contribution in [3.8, 4) is 22.6 Å². The van der Waals surface area contributed by atoms with Gasteiger partial charge in [-0.15, -0.1) is 0 Å². The molecule has 0 amide bonds. The van der Waals surface area contributed by atoms with Gasteiger partial charge in [0.05, 0.1) is 5.56 Å². The van der Waals surface area contributed by atoms with Crippen LogP contribution in [-0.2, 0) is 25.4 Å². The molecule has 5 heteroatoms. The second-order valence-corrected chi connectivity index (χ2v) is 7.93. The molecule has 1 heterocycles. The zero-order chi connectivity index (χ0) is 20.8. The number of aromatic nitrogens is 1. The fourth-order valence-corrected chi connectivity index (χ4v) is 4.02. The number of hydrogen-bond donors (Lipinski definition) is 0. The number of benzene rings is 2. The minimum absolute atomic E-state index is 0.136. The Morgan fingerprint density at radius 1 is 1.14 bits per heavy atom. The Morgan fingerprint density at radius 2 is 1.93 bits per heavy atom. The van der Waals surface area contributed by atoms with E-state index >= 15 is 0 Å². The Balaban J connectivity index is 1.79. The second kappa shape index (κ2) is 7.21. The van der Waals surface area contributed by atoms with Crippen LogP contribution >= 0.6 is 0 Å². The first-order valence-electron chi connectivity index (χ1n) is 9.72. The highest BCUT2D eigenvalue weighted by atomic mass is 19.4. The lowest BCUT2D eigenvalue weighted by Crippen LogP contribution is -2.11. The molecule has 1 aliphatic carbocycles. The largest absolute Gasteiger partial charge is 0.416 e. The van der Waals surface area contributed by atoms with Crippen molar-refractivity contribution in [1.29, 1.82) is 0 Å². The first-order valence-corrected chi connectivity index (χ1v) is 9.72. The molecule has 0 fully saturated rings. The molecule has 0 atom stereocenters. The van der Waals surface area contributed by atoms with Gasteiger partial charge in [-0.05, 0) is 47.9 Å². The number of aryl methyl sites for hydroxylation is 1.